The van der Waals surface area contributed by atoms with Crippen LogP contribution < -0.4 is 11.5 Å². The standard InChI is InChI=1S/C13H19N3O/c14-11-10(12(15)17-16-11)13-4-7-1-8(5-13)3-9(2-7)6-13/h7-9H,1-6,15H2,(H2,14,16). The molecule has 0 unspecified atom stereocenters. The third-order valence-corrected chi connectivity index (χ3v) is 5.31. The van der Waals surface area contributed by atoms with Crippen LogP contribution in [0.25, 0.3) is 0 Å². The van der Waals surface area contributed by atoms with Gasteiger partial charge in [-0.05, 0) is 56.3 Å². The quantitative estimate of drug-likeness (QED) is 0.780. The molecule has 4 aliphatic rings. The Balaban J connectivity index is 1.82. The van der Waals surface area contributed by atoms with Crippen LogP contribution in [0.2, 0.25) is 0 Å². The van der Waals surface area contributed by atoms with Gasteiger partial charge < -0.3 is 16.0 Å². The van der Waals surface area contributed by atoms with E-state index in [1.54, 1.807) is 0 Å². The van der Waals surface area contributed by atoms with Crippen molar-refractivity contribution < 1.29 is 4.52 Å². The lowest BCUT2D eigenvalue weighted by Gasteiger charge is -2.56. The number of anilines is 2. The summed E-state index contributed by atoms with van der Waals surface area (Å²) in [7, 11) is 0. The van der Waals surface area contributed by atoms with Gasteiger partial charge in [0.2, 0.25) is 5.88 Å². The first kappa shape index (κ1) is 9.80. The first-order chi connectivity index (χ1) is 8.16. The van der Waals surface area contributed by atoms with E-state index in [0.717, 1.165) is 23.3 Å². The zero-order valence-corrected chi connectivity index (χ0v) is 9.98. The van der Waals surface area contributed by atoms with E-state index >= 15 is 0 Å². The summed E-state index contributed by atoms with van der Waals surface area (Å²) >= 11 is 0. The predicted molar refractivity (Wildman–Crippen MR) is 65.2 cm³/mol. The van der Waals surface area contributed by atoms with Crippen LogP contribution in [0, 0.1) is 17.8 Å². The minimum atomic E-state index is 0.197. The first-order valence-electron chi connectivity index (χ1n) is 6.67. The van der Waals surface area contributed by atoms with Crippen molar-refractivity contribution >= 4 is 11.7 Å². The Kier molecular flexibility index (Phi) is 1.72. The summed E-state index contributed by atoms with van der Waals surface area (Å²) in [6.07, 6.45) is 8.00. The van der Waals surface area contributed by atoms with E-state index < -0.39 is 0 Å². The summed E-state index contributed by atoms with van der Waals surface area (Å²) in [5, 5.41) is 3.85. The molecule has 0 radical (unpaired) electrons. The average Bonchev–Trinajstić information content (AvgIpc) is 2.56. The number of nitrogens with zero attached hydrogens (tertiary/aromatic N) is 1. The zero-order chi connectivity index (χ0) is 11.6. The summed E-state index contributed by atoms with van der Waals surface area (Å²) in [5.74, 6) is 3.65. The van der Waals surface area contributed by atoms with Gasteiger partial charge in [0.1, 0.15) is 0 Å². The fraction of sp³-hybridized carbons (Fsp3) is 0.769. The Morgan fingerprint density at radius 2 is 1.53 bits per heavy atom. The van der Waals surface area contributed by atoms with Crippen molar-refractivity contribution in [2.75, 3.05) is 11.5 Å². The topological polar surface area (TPSA) is 78.1 Å². The maximum atomic E-state index is 5.98. The van der Waals surface area contributed by atoms with E-state index in [1.807, 2.05) is 0 Å². The fourth-order valence-electron chi connectivity index (χ4n) is 5.27. The van der Waals surface area contributed by atoms with Crippen molar-refractivity contribution in [3.8, 4) is 0 Å². The molecule has 0 saturated heterocycles. The van der Waals surface area contributed by atoms with Crippen LogP contribution in [0.4, 0.5) is 11.7 Å². The minimum absolute atomic E-state index is 0.197. The number of nitrogens with two attached hydrogens (primary N) is 2. The van der Waals surface area contributed by atoms with Gasteiger partial charge in [0.15, 0.2) is 5.82 Å². The number of aromatic nitrogens is 1. The molecule has 1 heterocycles. The lowest BCUT2D eigenvalue weighted by molar-refractivity contribution is -0.00467. The molecule has 4 fully saturated rings. The second-order valence-electron chi connectivity index (χ2n) is 6.50. The van der Waals surface area contributed by atoms with Gasteiger partial charge in [-0.2, -0.15) is 0 Å². The molecule has 4 nitrogen and oxygen atoms in total. The number of rotatable bonds is 1. The molecule has 1 aromatic rings. The molecule has 0 aliphatic heterocycles. The van der Waals surface area contributed by atoms with Gasteiger partial charge in [-0.3, -0.25) is 0 Å². The van der Waals surface area contributed by atoms with E-state index in [1.165, 1.54) is 38.5 Å². The van der Waals surface area contributed by atoms with Crippen LogP contribution in [0.15, 0.2) is 4.52 Å². The second kappa shape index (κ2) is 2.98. The lowest BCUT2D eigenvalue weighted by Crippen LogP contribution is -2.48. The smallest absolute Gasteiger partial charge is 0.228 e. The molecule has 4 N–H and O–H groups in total. The number of hydrogen-bond acceptors (Lipinski definition) is 4. The highest BCUT2D eigenvalue weighted by Crippen LogP contribution is 2.62. The van der Waals surface area contributed by atoms with E-state index in [0.29, 0.717) is 11.7 Å². The largest absolute Gasteiger partial charge is 0.381 e. The van der Waals surface area contributed by atoms with Crippen molar-refractivity contribution in [1.82, 2.24) is 5.16 Å². The Labute approximate surface area is 101 Å². The highest BCUT2D eigenvalue weighted by molar-refractivity contribution is 5.56. The highest BCUT2D eigenvalue weighted by atomic mass is 16.5. The van der Waals surface area contributed by atoms with Crippen molar-refractivity contribution in [3.63, 3.8) is 0 Å². The zero-order valence-electron chi connectivity index (χ0n) is 9.98. The Bertz CT molecular complexity index is 410. The van der Waals surface area contributed by atoms with Crippen molar-refractivity contribution in [2.24, 2.45) is 17.8 Å². The highest BCUT2D eigenvalue weighted by Gasteiger charge is 2.53. The van der Waals surface area contributed by atoms with Gasteiger partial charge in [-0.15, -0.1) is 0 Å². The van der Waals surface area contributed by atoms with Crippen LogP contribution in [0.5, 0.6) is 0 Å². The SMILES string of the molecule is Nc1noc(N)c1C12CC3CC(CC(C3)C1)C2. The van der Waals surface area contributed by atoms with Crippen molar-refractivity contribution in [1.29, 1.82) is 0 Å². The monoisotopic (exact) mass is 233 g/mol. The number of hydrogen-bond donors (Lipinski definition) is 2. The molecule has 92 valence electrons. The predicted octanol–water partition coefficient (Wildman–Crippen LogP) is 2.31. The van der Waals surface area contributed by atoms with Crippen LogP contribution >= 0.6 is 0 Å². The van der Waals surface area contributed by atoms with Crippen LogP contribution in [0.1, 0.15) is 44.1 Å². The Hall–Kier alpha value is -1.19. The van der Waals surface area contributed by atoms with Gasteiger partial charge in [0.25, 0.3) is 0 Å². The normalized spacial score (nSPS) is 43.2. The minimum Gasteiger partial charge on any atom is -0.381 e. The maximum Gasteiger partial charge on any atom is 0.228 e. The van der Waals surface area contributed by atoms with E-state index in [2.05, 4.69) is 5.16 Å². The molecule has 4 bridgehead atoms. The van der Waals surface area contributed by atoms with Crippen LogP contribution in [0.3, 0.4) is 0 Å². The maximum absolute atomic E-state index is 5.98. The molecule has 0 amide bonds. The van der Waals surface area contributed by atoms with Gasteiger partial charge in [0, 0.05) is 5.41 Å². The molecular formula is C13H19N3O. The molecule has 4 saturated carbocycles. The van der Waals surface area contributed by atoms with Gasteiger partial charge in [-0.25, -0.2) is 0 Å². The van der Waals surface area contributed by atoms with Gasteiger partial charge >= 0.3 is 0 Å². The third-order valence-electron chi connectivity index (χ3n) is 5.31. The molecule has 5 rings (SSSR count). The molecule has 17 heavy (non-hydrogen) atoms. The molecule has 4 aliphatic carbocycles. The number of nitrogen functional groups attached to an aromatic ring is 2. The fourth-order valence-corrected chi connectivity index (χ4v) is 5.27. The molecule has 0 aromatic carbocycles. The van der Waals surface area contributed by atoms with Crippen molar-refractivity contribution in [2.45, 2.75) is 43.9 Å². The Morgan fingerprint density at radius 3 is 1.94 bits per heavy atom. The van der Waals surface area contributed by atoms with E-state index in [4.69, 9.17) is 16.0 Å². The summed E-state index contributed by atoms with van der Waals surface area (Å²) in [6.45, 7) is 0. The van der Waals surface area contributed by atoms with Gasteiger partial charge in [0.05, 0.1) is 5.56 Å². The van der Waals surface area contributed by atoms with Crippen LogP contribution in [-0.2, 0) is 5.41 Å². The third kappa shape index (κ3) is 1.21. The molecule has 4 heteroatoms. The van der Waals surface area contributed by atoms with Crippen molar-refractivity contribution in [3.05, 3.63) is 5.56 Å². The average molecular weight is 233 g/mol. The van der Waals surface area contributed by atoms with E-state index in [-0.39, 0.29) is 5.41 Å². The second-order valence-corrected chi connectivity index (χ2v) is 6.50. The summed E-state index contributed by atoms with van der Waals surface area (Å²) in [5.41, 5.74) is 13.2. The summed E-state index contributed by atoms with van der Waals surface area (Å²) in [6, 6.07) is 0. The van der Waals surface area contributed by atoms with Gasteiger partial charge in [-0.1, -0.05) is 5.16 Å². The lowest BCUT2D eigenvalue weighted by atomic mass is 9.48. The molecule has 0 atom stereocenters. The summed E-state index contributed by atoms with van der Waals surface area (Å²) < 4.78 is 5.09. The van der Waals surface area contributed by atoms with Crippen LogP contribution in [-0.4, -0.2) is 5.16 Å². The molecule has 0 spiro atoms. The van der Waals surface area contributed by atoms with E-state index in [9.17, 15) is 0 Å². The first-order valence-corrected chi connectivity index (χ1v) is 6.67. The molecular weight excluding hydrogens is 214 g/mol. The Morgan fingerprint density at radius 1 is 1.00 bits per heavy atom. The summed E-state index contributed by atoms with van der Waals surface area (Å²) in [4.78, 5) is 0. The molecule has 1 aromatic heterocycles.